The molecule has 0 aromatic heterocycles. The van der Waals surface area contributed by atoms with Crippen molar-refractivity contribution in [1.29, 1.82) is 0 Å². The second-order valence-electron chi connectivity index (χ2n) is 15.0. The summed E-state index contributed by atoms with van der Waals surface area (Å²) in [7, 11) is 0. The molecule has 2 aromatic carbocycles. The molecular weight excluding hydrogens is 479 g/mol. The summed E-state index contributed by atoms with van der Waals surface area (Å²) in [5.74, 6) is 0. The lowest BCUT2D eigenvalue weighted by molar-refractivity contribution is 0.177. The van der Waals surface area contributed by atoms with Gasteiger partial charge >= 0.3 is 0 Å². The van der Waals surface area contributed by atoms with Crippen LogP contribution < -0.4 is 5.46 Å². The number of hydrogen-bond donors (Lipinski definition) is 0. The second-order valence-corrected chi connectivity index (χ2v) is 15.0. The van der Waals surface area contributed by atoms with E-state index in [1.54, 1.807) is 27.7 Å². The van der Waals surface area contributed by atoms with E-state index in [9.17, 15) is 0 Å². The molecule has 1 heteroatoms. The van der Waals surface area contributed by atoms with E-state index in [2.05, 4.69) is 84.9 Å². The maximum Gasteiger partial charge on any atom is 0.176 e. The Morgan fingerprint density at radius 2 is 1.05 bits per heavy atom. The predicted octanol–water partition coefficient (Wildman–Crippen LogP) is 11.8. The van der Waals surface area contributed by atoms with Crippen molar-refractivity contribution in [3.63, 3.8) is 0 Å². The first kappa shape index (κ1) is 31.4. The summed E-state index contributed by atoms with van der Waals surface area (Å²) in [4.78, 5) is 0. The lowest BCUT2D eigenvalue weighted by Crippen LogP contribution is -2.31. The Labute approximate surface area is 249 Å². The monoisotopic (exact) mass is 540 g/mol. The molecular formula is C39H61B. The van der Waals surface area contributed by atoms with Gasteiger partial charge in [-0.25, -0.2) is 0 Å². The van der Waals surface area contributed by atoms with E-state index >= 15 is 0 Å². The molecule has 0 saturated carbocycles. The molecule has 0 bridgehead atoms. The summed E-state index contributed by atoms with van der Waals surface area (Å²) in [6.45, 7) is 17.7. The van der Waals surface area contributed by atoms with Gasteiger partial charge in [0.1, 0.15) is 0 Å². The maximum absolute atomic E-state index is 2.73. The van der Waals surface area contributed by atoms with Crippen LogP contribution in [0.15, 0.2) is 36.4 Å². The molecule has 2 aliphatic rings. The van der Waals surface area contributed by atoms with Gasteiger partial charge in [0.05, 0.1) is 0 Å². The maximum atomic E-state index is 2.73. The molecule has 1 fully saturated rings. The molecule has 0 N–H and O–H groups in total. The Morgan fingerprint density at radius 3 is 1.57 bits per heavy atom. The van der Waals surface area contributed by atoms with E-state index in [1.807, 2.05) is 0 Å². The summed E-state index contributed by atoms with van der Waals surface area (Å²) >= 11 is 0. The van der Waals surface area contributed by atoms with Gasteiger partial charge in [0.15, 0.2) is 6.71 Å². The number of fused-ring (bicyclic) bond motifs is 3. The highest BCUT2D eigenvalue weighted by Gasteiger charge is 2.49. The van der Waals surface area contributed by atoms with Gasteiger partial charge in [0.25, 0.3) is 0 Å². The molecule has 0 nitrogen and oxygen atoms in total. The van der Waals surface area contributed by atoms with Crippen molar-refractivity contribution in [3.8, 4) is 11.1 Å². The molecule has 1 aliphatic carbocycles. The fourth-order valence-electron chi connectivity index (χ4n) is 8.20. The van der Waals surface area contributed by atoms with Gasteiger partial charge in [-0.2, -0.15) is 0 Å². The van der Waals surface area contributed by atoms with E-state index in [-0.39, 0.29) is 5.41 Å². The average Bonchev–Trinajstić information content (AvgIpc) is 3.33. The quantitative estimate of drug-likeness (QED) is 0.147. The van der Waals surface area contributed by atoms with Gasteiger partial charge in [-0.05, 0) is 57.9 Å². The Morgan fingerprint density at radius 1 is 0.575 bits per heavy atom. The Kier molecular flexibility index (Phi) is 10.7. The van der Waals surface area contributed by atoms with Crippen LogP contribution in [0.3, 0.4) is 0 Å². The normalized spacial score (nSPS) is 18.2. The van der Waals surface area contributed by atoms with Crippen molar-refractivity contribution in [2.45, 2.75) is 163 Å². The summed E-state index contributed by atoms with van der Waals surface area (Å²) in [6, 6.07) is 15.3. The summed E-state index contributed by atoms with van der Waals surface area (Å²) < 4.78 is 0. The van der Waals surface area contributed by atoms with Crippen LogP contribution in [0.4, 0.5) is 0 Å². The molecule has 220 valence electrons. The first-order chi connectivity index (χ1) is 19.2. The van der Waals surface area contributed by atoms with Crippen molar-refractivity contribution in [3.05, 3.63) is 53.1 Å². The van der Waals surface area contributed by atoms with Gasteiger partial charge in [0.2, 0.25) is 0 Å². The molecule has 4 rings (SSSR count). The number of benzene rings is 2. The third kappa shape index (κ3) is 6.60. The molecule has 2 aromatic rings. The van der Waals surface area contributed by atoms with Crippen molar-refractivity contribution < 1.29 is 0 Å². The molecule has 40 heavy (non-hydrogen) atoms. The average molecular weight is 541 g/mol. The van der Waals surface area contributed by atoms with Crippen LogP contribution >= 0.6 is 0 Å². The second kappa shape index (κ2) is 13.7. The molecule has 0 unspecified atom stereocenters. The molecule has 0 atom stereocenters. The summed E-state index contributed by atoms with van der Waals surface area (Å²) in [6.07, 6.45) is 23.0. The number of aryl methyl sites for hydroxylation is 1. The zero-order chi connectivity index (χ0) is 28.8. The van der Waals surface area contributed by atoms with Crippen LogP contribution in [0.25, 0.3) is 11.1 Å². The van der Waals surface area contributed by atoms with E-state index in [4.69, 9.17) is 0 Å². The third-order valence-corrected chi connectivity index (χ3v) is 11.6. The third-order valence-electron chi connectivity index (χ3n) is 11.6. The Balaban J connectivity index is 1.70. The van der Waals surface area contributed by atoms with Crippen LogP contribution in [-0.4, -0.2) is 6.71 Å². The van der Waals surface area contributed by atoms with Gasteiger partial charge in [-0.1, -0.05) is 180 Å². The minimum Gasteiger partial charge on any atom is -0.0797 e. The fourth-order valence-corrected chi connectivity index (χ4v) is 8.20. The van der Waals surface area contributed by atoms with Crippen LogP contribution in [0.5, 0.6) is 0 Å². The first-order valence-electron chi connectivity index (χ1n) is 17.5. The highest BCUT2D eigenvalue weighted by Crippen LogP contribution is 2.56. The van der Waals surface area contributed by atoms with E-state index in [0.717, 1.165) is 6.42 Å². The van der Waals surface area contributed by atoms with Gasteiger partial charge in [-0.15, -0.1) is 0 Å². The van der Waals surface area contributed by atoms with Crippen LogP contribution in [-0.2, 0) is 11.8 Å². The molecule has 0 spiro atoms. The zero-order valence-electron chi connectivity index (χ0n) is 27.6. The highest BCUT2D eigenvalue weighted by molar-refractivity contribution is 6.74. The Hall–Kier alpha value is -1.50. The smallest absolute Gasteiger partial charge is 0.0797 e. The van der Waals surface area contributed by atoms with Crippen molar-refractivity contribution >= 4 is 12.2 Å². The largest absolute Gasteiger partial charge is 0.176 e. The Bertz CT molecular complexity index is 1060. The zero-order valence-corrected chi connectivity index (χ0v) is 27.6. The lowest BCUT2D eigenvalue weighted by Gasteiger charge is -2.35. The highest BCUT2D eigenvalue weighted by atomic mass is 14.5. The topological polar surface area (TPSA) is 0 Å². The van der Waals surface area contributed by atoms with Crippen molar-refractivity contribution in [2.75, 3.05) is 0 Å². The van der Waals surface area contributed by atoms with Gasteiger partial charge in [0, 0.05) is 5.41 Å². The molecule has 0 radical (unpaired) electrons. The predicted molar refractivity (Wildman–Crippen MR) is 181 cm³/mol. The molecule has 1 saturated heterocycles. The SMILES string of the molecule is CCCCCCCCC1(CCCCCCCC)c2cc(CC)ccc2-c2ccc(B3CC(C)(C)C(C)(C)C3)cc21. The number of unbranched alkanes of at least 4 members (excludes halogenated alkanes) is 10. The van der Waals surface area contributed by atoms with Gasteiger partial charge in [-0.3, -0.25) is 0 Å². The van der Waals surface area contributed by atoms with Crippen LogP contribution in [0.1, 0.15) is 155 Å². The minimum absolute atomic E-state index is 0.199. The summed E-state index contributed by atoms with van der Waals surface area (Å²) in [5, 5.41) is 0. The fraction of sp³-hybridized carbons (Fsp3) is 0.692. The lowest BCUT2D eigenvalue weighted by atomic mass is 9.42. The van der Waals surface area contributed by atoms with Gasteiger partial charge < -0.3 is 0 Å². The van der Waals surface area contributed by atoms with E-state index in [1.165, 1.54) is 108 Å². The van der Waals surface area contributed by atoms with E-state index < -0.39 is 0 Å². The van der Waals surface area contributed by atoms with E-state index in [0.29, 0.717) is 17.5 Å². The number of hydrogen-bond acceptors (Lipinski definition) is 0. The first-order valence-corrected chi connectivity index (χ1v) is 17.5. The minimum atomic E-state index is 0.199. The molecule has 1 aliphatic heterocycles. The van der Waals surface area contributed by atoms with Crippen molar-refractivity contribution in [1.82, 2.24) is 0 Å². The molecule has 1 heterocycles. The van der Waals surface area contributed by atoms with Crippen LogP contribution in [0, 0.1) is 10.8 Å². The standard InChI is InChI=1S/C39H61B/c1-8-11-13-15-17-19-25-39(26-20-18-16-14-12-9-2)35-27-31(10-3)21-23-33(35)34-24-22-32(28-36(34)39)40-29-37(4,5)38(6,7)30-40/h21-24,27-28H,8-20,25-26,29-30H2,1-7H3. The van der Waals surface area contributed by atoms with Crippen molar-refractivity contribution in [2.24, 2.45) is 10.8 Å². The summed E-state index contributed by atoms with van der Waals surface area (Å²) in [5.41, 5.74) is 10.6. The number of rotatable bonds is 16. The van der Waals surface area contributed by atoms with Crippen LogP contribution in [0.2, 0.25) is 12.6 Å². The molecule has 0 amide bonds.